The third-order valence-corrected chi connectivity index (χ3v) is 6.37. The largest absolute Gasteiger partial charge is 0.416 e. The number of hydrogen-bond acceptors (Lipinski definition) is 4. The Morgan fingerprint density at radius 1 is 1.20 bits per heavy atom. The normalized spacial score (nSPS) is 23.4. The number of aryl methyl sites for hydroxylation is 1. The zero-order valence-corrected chi connectivity index (χ0v) is 17.3. The van der Waals surface area contributed by atoms with E-state index in [1.807, 2.05) is 0 Å². The predicted molar refractivity (Wildman–Crippen MR) is 109 cm³/mol. The van der Waals surface area contributed by atoms with Gasteiger partial charge in [0.2, 0.25) is 5.91 Å². The molecule has 1 aromatic carbocycles. The van der Waals surface area contributed by atoms with Gasteiger partial charge in [-0.3, -0.25) is 14.4 Å². The molecule has 1 aliphatic heterocycles. The third kappa shape index (κ3) is 4.40. The van der Waals surface area contributed by atoms with E-state index in [1.54, 1.807) is 7.05 Å². The molecule has 0 spiro atoms. The van der Waals surface area contributed by atoms with Crippen LogP contribution in [0.2, 0.25) is 0 Å². The minimum atomic E-state index is -4.43. The smallest absolute Gasteiger partial charge is 0.359 e. The van der Waals surface area contributed by atoms with Crippen molar-refractivity contribution in [2.24, 2.45) is 13.0 Å². The first-order valence-electron chi connectivity index (χ1n) is 10.5. The Morgan fingerprint density at radius 3 is 2.57 bits per heavy atom. The average molecular weight is 423 g/mol. The number of rotatable bonds is 5. The molecule has 4 rings (SSSR count). The molecule has 9 heteroatoms. The molecule has 1 aromatic heterocycles. The second-order valence-electron chi connectivity index (χ2n) is 8.69. The number of nitrogens with one attached hydrogen (secondary N) is 2. The Kier molecular flexibility index (Phi) is 5.65. The van der Waals surface area contributed by atoms with Crippen LogP contribution >= 0.6 is 0 Å². The van der Waals surface area contributed by atoms with Crippen molar-refractivity contribution in [3.05, 3.63) is 23.8 Å². The molecule has 2 fully saturated rings. The molecule has 6 nitrogen and oxygen atoms in total. The maximum absolute atomic E-state index is 13.0. The fourth-order valence-electron chi connectivity index (χ4n) is 4.52. The number of aromatic nitrogens is 2. The first-order chi connectivity index (χ1) is 14.2. The van der Waals surface area contributed by atoms with Gasteiger partial charge in [-0.1, -0.05) is 6.92 Å². The van der Waals surface area contributed by atoms with Gasteiger partial charge in [-0.05, 0) is 49.8 Å². The number of likely N-dealkylation sites (tertiary alicyclic amines) is 1. The highest BCUT2D eigenvalue weighted by Crippen LogP contribution is 2.33. The van der Waals surface area contributed by atoms with E-state index in [0.717, 1.165) is 31.1 Å². The van der Waals surface area contributed by atoms with Crippen molar-refractivity contribution in [2.45, 2.75) is 50.9 Å². The van der Waals surface area contributed by atoms with Crippen LogP contribution in [0.25, 0.3) is 10.9 Å². The number of amides is 1. The number of halogens is 3. The summed E-state index contributed by atoms with van der Waals surface area (Å²) in [6.07, 6.45) is 0.587. The van der Waals surface area contributed by atoms with Gasteiger partial charge in [-0.25, -0.2) is 0 Å². The Bertz CT molecular complexity index is 911. The highest BCUT2D eigenvalue weighted by molar-refractivity contribution is 5.92. The first kappa shape index (κ1) is 21.0. The van der Waals surface area contributed by atoms with E-state index in [0.29, 0.717) is 16.9 Å². The van der Waals surface area contributed by atoms with Crippen molar-refractivity contribution in [2.75, 3.05) is 25.0 Å². The highest BCUT2D eigenvalue weighted by atomic mass is 19.4. The van der Waals surface area contributed by atoms with E-state index in [-0.39, 0.29) is 24.3 Å². The minimum Gasteiger partial charge on any atom is -0.359 e. The standard InChI is InChI=1S/C21H28F3N5O/c1-13-3-6-16(7-4-13)29-11-15(12-29)26-19(30)10-25-20-17-9-14(21(22,23)24)5-8-18(17)28(2)27-20/h5,8-9,13,15-16H,3-4,6-7,10-12H2,1-2H3,(H,25,27)(H,26,30). The molecule has 1 saturated heterocycles. The number of nitrogens with zero attached hydrogens (tertiary/aromatic N) is 3. The van der Waals surface area contributed by atoms with E-state index in [4.69, 9.17) is 0 Å². The topological polar surface area (TPSA) is 62.2 Å². The first-order valence-corrected chi connectivity index (χ1v) is 10.5. The molecule has 2 aliphatic rings. The van der Waals surface area contributed by atoms with Gasteiger partial charge in [0.15, 0.2) is 5.82 Å². The lowest BCUT2D eigenvalue weighted by molar-refractivity contribution is -0.137. The zero-order chi connectivity index (χ0) is 21.5. The molecule has 2 N–H and O–H groups in total. The average Bonchev–Trinajstić information content (AvgIpc) is 2.98. The summed E-state index contributed by atoms with van der Waals surface area (Å²) in [6.45, 7) is 4.01. The summed E-state index contributed by atoms with van der Waals surface area (Å²) in [5.41, 5.74) is -0.162. The molecule has 0 bridgehead atoms. The van der Waals surface area contributed by atoms with E-state index >= 15 is 0 Å². The number of fused-ring (bicyclic) bond motifs is 1. The number of alkyl halides is 3. The Labute approximate surface area is 173 Å². The molecule has 164 valence electrons. The van der Waals surface area contributed by atoms with Crippen LogP contribution in [0.1, 0.15) is 38.2 Å². The third-order valence-electron chi connectivity index (χ3n) is 6.37. The Morgan fingerprint density at radius 2 is 1.90 bits per heavy atom. The van der Waals surface area contributed by atoms with Crippen molar-refractivity contribution in [1.29, 1.82) is 0 Å². The van der Waals surface area contributed by atoms with Crippen LogP contribution < -0.4 is 10.6 Å². The Hall–Kier alpha value is -2.29. The summed E-state index contributed by atoms with van der Waals surface area (Å²) in [5.74, 6) is 0.919. The fourth-order valence-corrected chi connectivity index (χ4v) is 4.52. The second-order valence-corrected chi connectivity index (χ2v) is 8.69. The minimum absolute atomic E-state index is 0.0280. The molecule has 30 heavy (non-hydrogen) atoms. The molecular formula is C21H28F3N5O. The summed E-state index contributed by atoms with van der Waals surface area (Å²) in [5, 5.41) is 10.5. The van der Waals surface area contributed by atoms with Gasteiger partial charge < -0.3 is 10.6 Å². The monoisotopic (exact) mass is 423 g/mol. The zero-order valence-electron chi connectivity index (χ0n) is 17.3. The van der Waals surface area contributed by atoms with E-state index in [2.05, 4.69) is 27.6 Å². The van der Waals surface area contributed by atoms with Crippen LogP contribution in [0.3, 0.4) is 0 Å². The summed E-state index contributed by atoms with van der Waals surface area (Å²) in [7, 11) is 1.66. The highest BCUT2D eigenvalue weighted by Gasteiger charge is 2.34. The lowest BCUT2D eigenvalue weighted by Gasteiger charge is -2.46. The molecular weight excluding hydrogens is 395 g/mol. The summed E-state index contributed by atoms with van der Waals surface area (Å²) in [4.78, 5) is 14.7. The van der Waals surface area contributed by atoms with Gasteiger partial charge in [0.25, 0.3) is 0 Å². The summed E-state index contributed by atoms with van der Waals surface area (Å²) >= 11 is 0. The maximum Gasteiger partial charge on any atom is 0.416 e. The number of carbonyl (C=O) groups excluding carboxylic acids is 1. The predicted octanol–water partition coefficient (Wildman–Crippen LogP) is 3.38. The van der Waals surface area contributed by atoms with Crippen molar-refractivity contribution >= 4 is 22.6 Å². The number of carbonyl (C=O) groups is 1. The van der Waals surface area contributed by atoms with Crippen molar-refractivity contribution in [3.63, 3.8) is 0 Å². The van der Waals surface area contributed by atoms with Gasteiger partial charge >= 0.3 is 6.18 Å². The van der Waals surface area contributed by atoms with E-state index in [9.17, 15) is 18.0 Å². The molecule has 0 unspecified atom stereocenters. The number of benzene rings is 1. The van der Waals surface area contributed by atoms with E-state index in [1.165, 1.54) is 36.4 Å². The lowest BCUT2D eigenvalue weighted by atomic mass is 9.85. The summed E-state index contributed by atoms with van der Waals surface area (Å²) in [6, 6.07) is 4.27. The van der Waals surface area contributed by atoms with Gasteiger partial charge in [0.1, 0.15) is 0 Å². The number of anilines is 1. The van der Waals surface area contributed by atoms with Crippen LogP contribution in [0.15, 0.2) is 18.2 Å². The molecule has 2 aromatic rings. The van der Waals surface area contributed by atoms with Crippen molar-refractivity contribution < 1.29 is 18.0 Å². The quantitative estimate of drug-likeness (QED) is 0.774. The van der Waals surface area contributed by atoms with Crippen LogP contribution in [-0.4, -0.2) is 52.3 Å². The Balaban J connectivity index is 1.30. The van der Waals surface area contributed by atoms with Crippen LogP contribution in [0.5, 0.6) is 0 Å². The maximum atomic E-state index is 13.0. The molecule has 1 saturated carbocycles. The van der Waals surface area contributed by atoms with Gasteiger partial charge in [0.05, 0.1) is 23.7 Å². The van der Waals surface area contributed by atoms with Gasteiger partial charge in [-0.2, -0.15) is 18.3 Å². The second kappa shape index (κ2) is 8.09. The van der Waals surface area contributed by atoms with Crippen LogP contribution in [-0.2, 0) is 18.0 Å². The van der Waals surface area contributed by atoms with Gasteiger partial charge in [-0.15, -0.1) is 0 Å². The van der Waals surface area contributed by atoms with Crippen LogP contribution in [0.4, 0.5) is 19.0 Å². The summed E-state index contributed by atoms with van der Waals surface area (Å²) < 4.78 is 40.6. The van der Waals surface area contributed by atoms with Crippen molar-refractivity contribution in [1.82, 2.24) is 20.0 Å². The molecule has 1 amide bonds. The molecule has 2 heterocycles. The molecule has 1 aliphatic carbocycles. The molecule has 0 radical (unpaired) electrons. The van der Waals surface area contributed by atoms with Crippen molar-refractivity contribution in [3.8, 4) is 0 Å². The van der Waals surface area contributed by atoms with E-state index < -0.39 is 11.7 Å². The van der Waals surface area contributed by atoms with Gasteiger partial charge in [0, 0.05) is 31.6 Å². The lowest BCUT2D eigenvalue weighted by Crippen LogP contribution is -2.63. The molecule has 0 atom stereocenters. The van der Waals surface area contributed by atoms with Crippen LogP contribution in [0, 0.1) is 5.92 Å². The number of hydrogen-bond donors (Lipinski definition) is 2. The SMILES string of the molecule is CC1CCC(N2CC(NC(=O)CNc3nn(C)c4ccc(C(F)(F)F)cc34)C2)CC1. The fraction of sp³-hybridized carbons (Fsp3) is 0.619.